The van der Waals surface area contributed by atoms with Gasteiger partial charge in [0.15, 0.2) is 0 Å². The average Bonchev–Trinajstić information content (AvgIpc) is 2.43. The van der Waals surface area contributed by atoms with Gasteiger partial charge in [0.1, 0.15) is 5.75 Å². The summed E-state index contributed by atoms with van der Waals surface area (Å²) >= 11 is 0. The molecule has 2 atom stereocenters. The molecule has 0 bridgehead atoms. The van der Waals surface area contributed by atoms with Crippen molar-refractivity contribution in [3.05, 3.63) is 29.8 Å². The molecular formula is C16H25F2NO. The van der Waals surface area contributed by atoms with Crippen molar-refractivity contribution in [2.75, 3.05) is 6.54 Å². The fourth-order valence-corrected chi connectivity index (χ4v) is 2.11. The number of benzene rings is 1. The van der Waals surface area contributed by atoms with Gasteiger partial charge < -0.3 is 10.1 Å². The molecule has 1 rings (SSSR count). The van der Waals surface area contributed by atoms with E-state index in [-0.39, 0.29) is 11.8 Å². The highest BCUT2D eigenvalue weighted by Gasteiger charge is 2.14. The second-order valence-corrected chi connectivity index (χ2v) is 5.20. The predicted molar refractivity (Wildman–Crippen MR) is 78.2 cm³/mol. The van der Waals surface area contributed by atoms with Crippen LogP contribution in [0.4, 0.5) is 8.78 Å². The molecule has 1 aromatic carbocycles. The van der Waals surface area contributed by atoms with Crippen LogP contribution in [0.25, 0.3) is 0 Å². The van der Waals surface area contributed by atoms with Crippen LogP contribution in [0, 0.1) is 5.92 Å². The van der Waals surface area contributed by atoms with E-state index in [1.165, 1.54) is 0 Å². The average molecular weight is 285 g/mol. The van der Waals surface area contributed by atoms with Crippen LogP contribution in [-0.2, 0) is 0 Å². The third-order valence-electron chi connectivity index (χ3n) is 3.48. The monoisotopic (exact) mass is 285 g/mol. The quantitative estimate of drug-likeness (QED) is 0.706. The number of ether oxygens (including phenoxy) is 1. The zero-order valence-electron chi connectivity index (χ0n) is 12.5. The Kier molecular flexibility index (Phi) is 7.52. The van der Waals surface area contributed by atoms with Crippen molar-refractivity contribution < 1.29 is 13.5 Å². The van der Waals surface area contributed by atoms with E-state index in [1.54, 1.807) is 12.1 Å². The summed E-state index contributed by atoms with van der Waals surface area (Å²) in [6.07, 6.45) is 3.26. The van der Waals surface area contributed by atoms with Gasteiger partial charge in [0.25, 0.3) is 0 Å². The molecule has 2 nitrogen and oxygen atoms in total. The molecule has 0 aromatic heterocycles. The second kappa shape index (κ2) is 8.90. The van der Waals surface area contributed by atoms with E-state index >= 15 is 0 Å². The molecule has 0 fully saturated rings. The molecule has 2 unspecified atom stereocenters. The van der Waals surface area contributed by atoms with Crippen LogP contribution >= 0.6 is 0 Å². The minimum atomic E-state index is -2.77. The first kappa shape index (κ1) is 16.9. The number of nitrogens with one attached hydrogen (secondary N) is 1. The van der Waals surface area contributed by atoms with Crippen LogP contribution in [0.3, 0.4) is 0 Å². The van der Waals surface area contributed by atoms with Crippen LogP contribution in [-0.4, -0.2) is 13.2 Å². The van der Waals surface area contributed by atoms with Crippen molar-refractivity contribution in [3.63, 3.8) is 0 Å². The van der Waals surface area contributed by atoms with E-state index in [9.17, 15) is 8.78 Å². The molecule has 0 aliphatic rings. The van der Waals surface area contributed by atoms with Crippen molar-refractivity contribution in [2.45, 2.75) is 52.7 Å². The molecule has 1 aromatic rings. The van der Waals surface area contributed by atoms with Crippen LogP contribution in [0.5, 0.6) is 5.75 Å². The number of halogens is 2. The van der Waals surface area contributed by atoms with Gasteiger partial charge in [0.05, 0.1) is 0 Å². The van der Waals surface area contributed by atoms with Crippen LogP contribution in [0.2, 0.25) is 0 Å². The van der Waals surface area contributed by atoms with Gasteiger partial charge in [-0.25, -0.2) is 0 Å². The molecule has 0 aliphatic carbocycles. The Morgan fingerprint density at radius 2 is 1.80 bits per heavy atom. The molecule has 0 amide bonds. The van der Waals surface area contributed by atoms with Crippen molar-refractivity contribution in [1.82, 2.24) is 5.32 Å². The lowest BCUT2D eigenvalue weighted by atomic mass is 9.94. The molecule has 0 saturated carbocycles. The highest BCUT2D eigenvalue weighted by Crippen LogP contribution is 2.25. The fourth-order valence-electron chi connectivity index (χ4n) is 2.11. The fraction of sp³-hybridized carbons (Fsp3) is 0.625. The third-order valence-corrected chi connectivity index (χ3v) is 3.48. The van der Waals surface area contributed by atoms with E-state index in [0.29, 0.717) is 5.92 Å². The zero-order valence-corrected chi connectivity index (χ0v) is 12.5. The summed E-state index contributed by atoms with van der Waals surface area (Å²) in [5.74, 6) is 0.836. The van der Waals surface area contributed by atoms with Gasteiger partial charge in [-0.1, -0.05) is 39.3 Å². The summed E-state index contributed by atoms with van der Waals surface area (Å²) in [5.41, 5.74) is 1.13. The van der Waals surface area contributed by atoms with Crippen molar-refractivity contribution in [3.8, 4) is 5.75 Å². The Labute approximate surface area is 120 Å². The molecule has 0 spiro atoms. The molecule has 1 N–H and O–H groups in total. The zero-order chi connectivity index (χ0) is 15.0. The van der Waals surface area contributed by atoms with Crippen molar-refractivity contribution >= 4 is 0 Å². The molecule has 20 heavy (non-hydrogen) atoms. The van der Waals surface area contributed by atoms with Gasteiger partial charge in [0, 0.05) is 6.04 Å². The van der Waals surface area contributed by atoms with Gasteiger partial charge >= 0.3 is 6.61 Å². The van der Waals surface area contributed by atoms with E-state index < -0.39 is 6.61 Å². The number of rotatable bonds is 9. The molecule has 114 valence electrons. The minimum absolute atomic E-state index is 0.210. The van der Waals surface area contributed by atoms with Gasteiger partial charge in [-0.15, -0.1) is 0 Å². The minimum Gasteiger partial charge on any atom is -0.435 e. The maximum atomic E-state index is 12.1. The summed E-state index contributed by atoms with van der Waals surface area (Å²) in [6.45, 7) is 4.73. The summed E-state index contributed by atoms with van der Waals surface area (Å²) in [5, 5.41) is 3.52. The van der Waals surface area contributed by atoms with E-state index in [0.717, 1.165) is 31.4 Å². The maximum absolute atomic E-state index is 12.1. The smallest absolute Gasteiger partial charge is 0.387 e. The molecule has 0 heterocycles. The van der Waals surface area contributed by atoms with Crippen LogP contribution < -0.4 is 10.1 Å². The molecule has 0 radical (unpaired) electrons. The van der Waals surface area contributed by atoms with E-state index in [4.69, 9.17) is 0 Å². The SMILES string of the molecule is CCCNC(CC(C)CC)c1ccc(OC(F)F)cc1. The molecule has 0 saturated heterocycles. The molecule has 0 aliphatic heterocycles. The Morgan fingerprint density at radius 1 is 1.15 bits per heavy atom. The highest BCUT2D eigenvalue weighted by molar-refractivity contribution is 5.29. The highest BCUT2D eigenvalue weighted by atomic mass is 19.3. The van der Waals surface area contributed by atoms with E-state index in [2.05, 4.69) is 30.8 Å². The van der Waals surface area contributed by atoms with Crippen LogP contribution in [0.15, 0.2) is 24.3 Å². The normalized spacial score (nSPS) is 14.3. The lowest BCUT2D eigenvalue weighted by molar-refractivity contribution is -0.0498. The summed E-state index contributed by atoms with van der Waals surface area (Å²) in [6, 6.07) is 7.23. The largest absolute Gasteiger partial charge is 0.435 e. The number of hydrogen-bond acceptors (Lipinski definition) is 2. The Hall–Kier alpha value is -1.16. The van der Waals surface area contributed by atoms with Gasteiger partial charge in [0.2, 0.25) is 0 Å². The molecular weight excluding hydrogens is 260 g/mol. The van der Waals surface area contributed by atoms with E-state index in [1.807, 2.05) is 12.1 Å². The predicted octanol–water partition coefficient (Wildman–Crippen LogP) is 4.76. The third kappa shape index (κ3) is 5.87. The lowest BCUT2D eigenvalue weighted by Gasteiger charge is -2.22. The summed E-state index contributed by atoms with van der Waals surface area (Å²) in [7, 11) is 0. The van der Waals surface area contributed by atoms with Crippen LogP contribution in [0.1, 0.15) is 51.6 Å². The summed E-state index contributed by atoms with van der Waals surface area (Å²) < 4.78 is 28.6. The Bertz CT molecular complexity index is 367. The van der Waals surface area contributed by atoms with Crippen molar-refractivity contribution in [1.29, 1.82) is 0 Å². The topological polar surface area (TPSA) is 21.3 Å². The maximum Gasteiger partial charge on any atom is 0.387 e. The van der Waals surface area contributed by atoms with Gasteiger partial charge in [-0.05, 0) is 43.0 Å². The van der Waals surface area contributed by atoms with Gasteiger partial charge in [-0.2, -0.15) is 8.78 Å². The molecule has 4 heteroatoms. The Balaban J connectivity index is 2.73. The number of alkyl halides is 2. The number of hydrogen-bond donors (Lipinski definition) is 1. The summed E-state index contributed by atoms with van der Waals surface area (Å²) in [4.78, 5) is 0. The standard InChI is InChI=1S/C16H25F2NO/c1-4-10-19-15(11-12(3)5-2)13-6-8-14(9-7-13)20-16(17)18/h6-9,12,15-16,19H,4-5,10-11H2,1-3H3. The first-order chi connectivity index (χ1) is 9.56. The first-order valence-electron chi connectivity index (χ1n) is 7.34. The second-order valence-electron chi connectivity index (χ2n) is 5.20. The Morgan fingerprint density at radius 3 is 2.30 bits per heavy atom. The first-order valence-corrected chi connectivity index (χ1v) is 7.34. The lowest BCUT2D eigenvalue weighted by Crippen LogP contribution is -2.24. The van der Waals surface area contributed by atoms with Gasteiger partial charge in [-0.3, -0.25) is 0 Å². The van der Waals surface area contributed by atoms with Crippen molar-refractivity contribution in [2.24, 2.45) is 5.92 Å².